The molecule has 0 amide bonds. The van der Waals surface area contributed by atoms with Crippen LogP contribution in [0.4, 0.5) is 0 Å². The zero-order chi connectivity index (χ0) is 35.2. The highest BCUT2D eigenvalue weighted by atomic mass is 35.5. The Bertz CT molecular complexity index is 1890. The fourth-order valence-corrected chi connectivity index (χ4v) is 5.79. The van der Waals surface area contributed by atoms with Gasteiger partial charge in [-0.1, -0.05) is 71.7 Å². The summed E-state index contributed by atoms with van der Waals surface area (Å²) in [6.07, 6.45) is 0. The van der Waals surface area contributed by atoms with Crippen LogP contribution in [0.2, 0.25) is 10.0 Å². The number of carboxylic acid groups (broad SMARTS) is 1. The second-order valence-electron chi connectivity index (χ2n) is 9.82. The first-order chi connectivity index (χ1) is 23.6. The average Bonchev–Trinajstić information content (AvgIpc) is 3.80. The molecule has 2 N–H and O–H groups in total. The normalized spacial score (nSPS) is 10.2. The Morgan fingerprint density at radius 1 is 0.694 bits per heavy atom. The molecule has 0 spiro atoms. The van der Waals surface area contributed by atoms with Crippen LogP contribution in [0.25, 0.3) is 22.3 Å². The highest BCUT2D eigenvalue weighted by Gasteiger charge is 2.11. The minimum Gasteiger partial charge on any atom is -0.508 e. The van der Waals surface area contributed by atoms with E-state index in [2.05, 4.69) is 9.97 Å². The lowest BCUT2D eigenvalue weighted by molar-refractivity contribution is 0.0525. The number of esters is 1. The minimum absolute atomic E-state index is 0.0710. The number of benzene rings is 4. The van der Waals surface area contributed by atoms with Gasteiger partial charge in [-0.2, -0.15) is 0 Å². The lowest BCUT2D eigenvalue weighted by atomic mass is 10.1. The van der Waals surface area contributed by atoms with Crippen LogP contribution in [0.5, 0.6) is 11.5 Å². The number of halogens is 3. The first-order valence-corrected chi connectivity index (χ1v) is 17.6. The van der Waals surface area contributed by atoms with Gasteiger partial charge < -0.3 is 19.7 Å². The average molecular weight is 756 g/mol. The van der Waals surface area contributed by atoms with E-state index >= 15 is 0 Å². The second-order valence-corrected chi connectivity index (χ2v) is 12.7. The number of thiazole rings is 2. The molecular formula is C36H29Cl3N2O6S2. The van der Waals surface area contributed by atoms with Gasteiger partial charge in [0.05, 0.1) is 23.9 Å². The number of aromatic nitrogens is 2. The maximum absolute atomic E-state index is 11.1. The molecule has 6 aromatic rings. The lowest BCUT2D eigenvalue weighted by Crippen LogP contribution is -2.03. The van der Waals surface area contributed by atoms with Gasteiger partial charge in [0.1, 0.15) is 18.1 Å². The molecule has 0 bridgehead atoms. The standard InChI is InChI=1S/C17H12ClNO3S.C12H9ClO.C7H8ClNO2S/c18-13-5-1-11(2-6-13)12-3-7-15(8-4-12)22-9-14-10-23-16(19-14)17(20)21;13-11-5-1-9(2-6-11)10-3-7-12(14)8-4-10;1-2-11-7(10)6-9-5(3-8)4-12-6/h1-8,10H,9H2,(H,20,21);1-8,14H;4H,2-3H2,1H3. The van der Waals surface area contributed by atoms with Crippen molar-refractivity contribution in [2.75, 3.05) is 6.61 Å². The summed E-state index contributed by atoms with van der Waals surface area (Å²) in [4.78, 5) is 29.8. The van der Waals surface area contributed by atoms with Gasteiger partial charge in [0.25, 0.3) is 0 Å². The summed E-state index contributed by atoms with van der Waals surface area (Å²) in [7, 11) is 0. The SMILES string of the molecule is CCOC(=O)c1nc(CCl)cs1.O=C(O)c1nc(COc2ccc(-c3ccc(Cl)cc3)cc2)cs1.Oc1ccc(-c2ccc(Cl)cc2)cc1. The predicted octanol–water partition coefficient (Wildman–Crippen LogP) is 10.5. The number of rotatable bonds is 9. The summed E-state index contributed by atoms with van der Waals surface area (Å²) in [6, 6.07) is 30.0. The van der Waals surface area contributed by atoms with Crippen molar-refractivity contribution < 1.29 is 29.3 Å². The molecule has 0 radical (unpaired) electrons. The predicted molar refractivity (Wildman–Crippen MR) is 196 cm³/mol. The molecule has 49 heavy (non-hydrogen) atoms. The lowest BCUT2D eigenvalue weighted by Gasteiger charge is -2.06. The molecule has 6 rings (SSSR count). The Hall–Kier alpha value is -4.45. The molecular weight excluding hydrogens is 727 g/mol. The van der Waals surface area contributed by atoms with Crippen LogP contribution in [0, 0.1) is 0 Å². The molecule has 13 heteroatoms. The van der Waals surface area contributed by atoms with Gasteiger partial charge in [-0.05, 0) is 77.7 Å². The molecule has 2 aromatic heterocycles. The van der Waals surface area contributed by atoms with E-state index in [1.54, 1.807) is 29.8 Å². The van der Waals surface area contributed by atoms with Crippen molar-refractivity contribution in [2.24, 2.45) is 0 Å². The van der Waals surface area contributed by atoms with Crippen LogP contribution in [-0.2, 0) is 17.2 Å². The number of hydrogen-bond acceptors (Lipinski definition) is 9. The van der Waals surface area contributed by atoms with Gasteiger partial charge in [0, 0.05) is 20.8 Å². The third-order valence-electron chi connectivity index (χ3n) is 6.34. The quantitative estimate of drug-likeness (QED) is 0.111. The van der Waals surface area contributed by atoms with Crippen molar-refractivity contribution in [3.05, 3.63) is 139 Å². The maximum Gasteiger partial charge on any atom is 0.367 e. The van der Waals surface area contributed by atoms with Crippen LogP contribution in [0.1, 0.15) is 37.9 Å². The molecule has 0 atom stereocenters. The van der Waals surface area contributed by atoms with Gasteiger partial charge in [-0.15, -0.1) is 34.3 Å². The Kier molecular flexibility index (Phi) is 14.4. The number of nitrogens with zero attached hydrogens (tertiary/aromatic N) is 2. The number of carbonyl (C=O) groups excluding carboxylic acids is 1. The third-order valence-corrected chi connectivity index (χ3v) is 8.86. The zero-order valence-corrected chi connectivity index (χ0v) is 29.8. The third kappa shape index (κ3) is 11.9. The molecule has 0 unspecified atom stereocenters. The fraction of sp³-hybridized carbons (Fsp3) is 0.111. The van der Waals surface area contributed by atoms with Crippen molar-refractivity contribution in [3.63, 3.8) is 0 Å². The van der Waals surface area contributed by atoms with Crippen molar-refractivity contribution in [1.29, 1.82) is 0 Å². The van der Waals surface area contributed by atoms with Gasteiger partial charge in [0.15, 0.2) is 0 Å². The topological polar surface area (TPSA) is 119 Å². The van der Waals surface area contributed by atoms with Crippen LogP contribution < -0.4 is 4.74 Å². The van der Waals surface area contributed by atoms with E-state index in [4.69, 9.17) is 54.5 Å². The highest BCUT2D eigenvalue weighted by molar-refractivity contribution is 7.12. The Balaban J connectivity index is 0.000000178. The first kappa shape index (κ1) is 37.4. The molecule has 0 aliphatic heterocycles. The van der Waals surface area contributed by atoms with Crippen molar-refractivity contribution in [2.45, 2.75) is 19.4 Å². The molecule has 252 valence electrons. The number of aromatic hydroxyl groups is 1. The van der Waals surface area contributed by atoms with Crippen molar-refractivity contribution in [1.82, 2.24) is 9.97 Å². The fourth-order valence-electron chi connectivity index (χ4n) is 3.97. The number of alkyl halides is 1. The first-order valence-electron chi connectivity index (χ1n) is 14.5. The summed E-state index contributed by atoms with van der Waals surface area (Å²) < 4.78 is 10.4. The molecule has 0 saturated carbocycles. The van der Waals surface area contributed by atoms with E-state index in [0.29, 0.717) is 39.7 Å². The number of hydrogen-bond donors (Lipinski definition) is 2. The number of ether oxygens (including phenoxy) is 2. The summed E-state index contributed by atoms with van der Waals surface area (Å²) in [5.74, 6) is -0.0849. The summed E-state index contributed by atoms with van der Waals surface area (Å²) in [5.41, 5.74) is 5.62. The van der Waals surface area contributed by atoms with E-state index in [9.17, 15) is 9.59 Å². The van der Waals surface area contributed by atoms with E-state index in [1.165, 1.54) is 11.3 Å². The largest absolute Gasteiger partial charge is 0.508 e. The van der Waals surface area contributed by atoms with E-state index in [-0.39, 0.29) is 23.3 Å². The summed E-state index contributed by atoms with van der Waals surface area (Å²) in [6.45, 7) is 2.37. The van der Waals surface area contributed by atoms with Gasteiger partial charge in [-0.25, -0.2) is 19.6 Å². The number of carbonyl (C=O) groups is 2. The van der Waals surface area contributed by atoms with Crippen LogP contribution in [0.15, 0.2) is 108 Å². The van der Waals surface area contributed by atoms with Crippen LogP contribution in [-0.4, -0.2) is 38.7 Å². The van der Waals surface area contributed by atoms with Crippen LogP contribution in [0.3, 0.4) is 0 Å². The summed E-state index contributed by atoms with van der Waals surface area (Å²) >= 11 is 19.5. The molecule has 4 aromatic carbocycles. The van der Waals surface area contributed by atoms with E-state index in [1.807, 2.05) is 84.9 Å². The Morgan fingerprint density at radius 3 is 1.59 bits per heavy atom. The molecule has 0 aliphatic rings. The minimum atomic E-state index is -1.02. The number of carboxylic acids is 1. The van der Waals surface area contributed by atoms with Gasteiger partial charge in [0.2, 0.25) is 10.0 Å². The summed E-state index contributed by atoms with van der Waals surface area (Å²) in [5, 5.41) is 23.3. The highest BCUT2D eigenvalue weighted by Crippen LogP contribution is 2.25. The van der Waals surface area contributed by atoms with E-state index in [0.717, 1.165) is 38.6 Å². The monoisotopic (exact) mass is 754 g/mol. The maximum atomic E-state index is 11.1. The van der Waals surface area contributed by atoms with Crippen molar-refractivity contribution in [3.8, 4) is 33.8 Å². The van der Waals surface area contributed by atoms with E-state index < -0.39 is 5.97 Å². The number of aromatic carboxylic acids is 1. The molecule has 0 saturated heterocycles. The molecule has 0 aliphatic carbocycles. The smallest absolute Gasteiger partial charge is 0.367 e. The number of phenolic OH excluding ortho intramolecular Hbond substituents is 1. The zero-order valence-electron chi connectivity index (χ0n) is 25.9. The molecule has 0 fully saturated rings. The van der Waals surface area contributed by atoms with Gasteiger partial charge >= 0.3 is 11.9 Å². The Labute approximate surface area is 306 Å². The second kappa shape index (κ2) is 18.9. The van der Waals surface area contributed by atoms with Crippen LogP contribution >= 0.6 is 57.5 Å². The molecule has 2 heterocycles. The Morgan fingerprint density at radius 2 is 1.14 bits per heavy atom. The van der Waals surface area contributed by atoms with Gasteiger partial charge in [-0.3, -0.25) is 0 Å². The molecule has 8 nitrogen and oxygen atoms in total. The number of phenols is 1. The van der Waals surface area contributed by atoms with Crippen molar-refractivity contribution >= 4 is 69.4 Å².